The van der Waals surface area contributed by atoms with E-state index in [9.17, 15) is 20.0 Å². The van der Waals surface area contributed by atoms with Gasteiger partial charge in [0.25, 0.3) is 0 Å². The second-order valence-electron chi connectivity index (χ2n) is 8.73. The van der Waals surface area contributed by atoms with Gasteiger partial charge in [0.2, 0.25) is 5.91 Å². The predicted octanol–water partition coefficient (Wildman–Crippen LogP) is 6.42. The van der Waals surface area contributed by atoms with E-state index in [0.29, 0.717) is 27.4 Å². The molecule has 0 bridgehead atoms. The summed E-state index contributed by atoms with van der Waals surface area (Å²) in [4.78, 5) is 26.6. The van der Waals surface area contributed by atoms with E-state index in [0.717, 1.165) is 25.4 Å². The monoisotopic (exact) mass is 699 g/mol. The number of hydrogen-bond donors (Lipinski definition) is 3. The molecule has 3 aromatic rings. The third-order valence-corrected chi connectivity index (χ3v) is 8.39. The Morgan fingerprint density at radius 1 is 1.11 bits per heavy atom. The van der Waals surface area contributed by atoms with Crippen LogP contribution < -0.4 is 10.6 Å². The molecule has 0 saturated heterocycles. The maximum atomic E-state index is 13.9. The van der Waals surface area contributed by atoms with Crippen molar-refractivity contribution in [2.75, 3.05) is 11.1 Å². The summed E-state index contributed by atoms with van der Waals surface area (Å²) in [6, 6.07) is 24.0. The Balaban J connectivity index is 1.79. The lowest BCUT2D eigenvalue weighted by atomic mass is 9.82. The number of hydrogen-bond acceptors (Lipinski definition) is 6. The number of nitrogens with zero attached hydrogens (tertiary/aromatic N) is 1. The minimum absolute atomic E-state index is 0.0140. The van der Waals surface area contributed by atoms with Crippen molar-refractivity contribution in [2.45, 2.75) is 19.6 Å². The highest BCUT2D eigenvalue weighted by atomic mass is 127. The lowest BCUT2D eigenvalue weighted by Crippen LogP contribution is -2.48. The zero-order chi connectivity index (χ0) is 27.4. The van der Waals surface area contributed by atoms with Crippen molar-refractivity contribution in [2.24, 2.45) is 0 Å². The molecule has 1 unspecified atom stereocenters. The van der Waals surface area contributed by atoms with Crippen LogP contribution >= 0.6 is 50.3 Å². The smallest absolute Gasteiger partial charge is 0.234 e. The summed E-state index contributed by atoms with van der Waals surface area (Å²) in [5, 5.41) is 28.1. The zero-order valence-corrected chi connectivity index (χ0v) is 25.1. The first-order valence-corrected chi connectivity index (χ1v) is 14.4. The van der Waals surface area contributed by atoms with E-state index in [1.807, 2.05) is 55.5 Å². The minimum atomic E-state index is -1.81. The number of Topliss-reactive ketones (excluding diaryl/α,β-unsaturated/α-hetero) is 1. The molecule has 3 aromatic carbocycles. The molecule has 1 aliphatic rings. The number of nitrogens with one attached hydrogen (secondary N) is 2. The molecule has 38 heavy (non-hydrogen) atoms. The molecule has 9 heteroatoms. The van der Waals surface area contributed by atoms with Crippen molar-refractivity contribution in [3.05, 3.63) is 114 Å². The van der Waals surface area contributed by atoms with E-state index in [1.54, 1.807) is 24.3 Å². The SMILES string of the molecule is Cc1ccccc1C(=O)C1=C(c2ccccc2I)C(C#N)=C(SCC(=O)Nc2ccc(Br)cc2)NC1(C)O. The number of ketones is 1. The van der Waals surface area contributed by atoms with Crippen molar-refractivity contribution in [1.82, 2.24) is 5.32 Å². The molecule has 6 nitrogen and oxygen atoms in total. The molecule has 1 aliphatic heterocycles. The quantitative estimate of drug-likeness (QED) is 0.195. The number of aryl methyl sites for hydroxylation is 1. The van der Waals surface area contributed by atoms with Gasteiger partial charge in [-0.15, -0.1) is 0 Å². The highest BCUT2D eigenvalue weighted by molar-refractivity contribution is 14.1. The van der Waals surface area contributed by atoms with E-state index in [2.05, 4.69) is 55.2 Å². The Morgan fingerprint density at radius 2 is 1.76 bits per heavy atom. The van der Waals surface area contributed by atoms with E-state index in [-0.39, 0.29) is 28.6 Å². The van der Waals surface area contributed by atoms with Gasteiger partial charge in [-0.05, 0) is 77.9 Å². The molecule has 4 rings (SSSR count). The van der Waals surface area contributed by atoms with Crippen LogP contribution in [0.3, 0.4) is 0 Å². The number of halogens is 2. The van der Waals surface area contributed by atoms with E-state index in [4.69, 9.17) is 0 Å². The van der Waals surface area contributed by atoms with Crippen LogP contribution in [-0.4, -0.2) is 28.3 Å². The van der Waals surface area contributed by atoms with Crippen LogP contribution in [0.25, 0.3) is 5.57 Å². The maximum absolute atomic E-state index is 13.9. The van der Waals surface area contributed by atoms with Gasteiger partial charge in [-0.1, -0.05) is 70.2 Å². The molecule has 0 radical (unpaired) electrons. The highest BCUT2D eigenvalue weighted by Gasteiger charge is 2.42. The van der Waals surface area contributed by atoms with Gasteiger partial charge in [0.1, 0.15) is 6.07 Å². The molecular weight excluding hydrogens is 677 g/mol. The van der Waals surface area contributed by atoms with Gasteiger partial charge in [0.05, 0.1) is 21.9 Å². The number of rotatable bonds is 7. The third kappa shape index (κ3) is 6.04. The van der Waals surface area contributed by atoms with Crippen LogP contribution in [0.15, 0.2) is 93.4 Å². The molecule has 0 aliphatic carbocycles. The standard InChI is InChI=1S/C29H23BrIN3O3S/c1-17-7-3-4-8-20(17)27(36)26-25(21-9-5-6-10-23(21)31)22(15-32)28(34-29(26,2)37)38-16-24(35)33-19-13-11-18(30)12-14-19/h3-14,34,37H,16H2,1-2H3,(H,33,35). The summed E-state index contributed by atoms with van der Waals surface area (Å²) in [6.07, 6.45) is 0. The summed E-state index contributed by atoms with van der Waals surface area (Å²) >= 11 is 6.62. The zero-order valence-electron chi connectivity index (χ0n) is 20.5. The van der Waals surface area contributed by atoms with Gasteiger partial charge >= 0.3 is 0 Å². The molecule has 3 N–H and O–H groups in total. The molecule has 1 heterocycles. The normalized spacial score (nSPS) is 17.1. The summed E-state index contributed by atoms with van der Waals surface area (Å²) < 4.78 is 1.71. The molecule has 0 saturated carbocycles. The molecule has 0 aromatic heterocycles. The lowest BCUT2D eigenvalue weighted by Gasteiger charge is -2.36. The number of carbonyl (C=O) groups excluding carboxylic acids is 2. The largest absolute Gasteiger partial charge is 0.367 e. The average Bonchev–Trinajstić information content (AvgIpc) is 2.88. The van der Waals surface area contributed by atoms with Gasteiger partial charge in [0.15, 0.2) is 11.5 Å². The van der Waals surface area contributed by atoms with Crippen molar-refractivity contribution in [3.8, 4) is 6.07 Å². The lowest BCUT2D eigenvalue weighted by molar-refractivity contribution is -0.113. The Labute approximate surface area is 247 Å². The van der Waals surface area contributed by atoms with Crippen molar-refractivity contribution in [1.29, 1.82) is 5.26 Å². The third-order valence-electron chi connectivity index (χ3n) is 5.92. The summed E-state index contributed by atoms with van der Waals surface area (Å²) in [7, 11) is 0. The fraction of sp³-hybridized carbons (Fsp3) is 0.138. The number of amides is 1. The highest BCUT2D eigenvalue weighted by Crippen LogP contribution is 2.42. The van der Waals surface area contributed by atoms with E-state index < -0.39 is 5.72 Å². The van der Waals surface area contributed by atoms with E-state index >= 15 is 0 Å². The van der Waals surface area contributed by atoms with Crippen molar-refractivity contribution >= 4 is 73.2 Å². The maximum Gasteiger partial charge on any atom is 0.234 e. The predicted molar refractivity (Wildman–Crippen MR) is 163 cm³/mol. The first-order chi connectivity index (χ1) is 18.1. The summed E-state index contributed by atoms with van der Waals surface area (Å²) in [5.41, 5.74) is 1.31. The average molecular weight is 700 g/mol. The topological polar surface area (TPSA) is 102 Å². The number of aliphatic hydroxyl groups is 1. The fourth-order valence-electron chi connectivity index (χ4n) is 4.14. The second-order valence-corrected chi connectivity index (χ2v) is 11.8. The van der Waals surface area contributed by atoms with Crippen LogP contribution in [0.4, 0.5) is 5.69 Å². The second kappa shape index (κ2) is 11.9. The molecule has 0 fully saturated rings. The Kier molecular flexibility index (Phi) is 8.78. The van der Waals surface area contributed by atoms with Gasteiger partial charge in [-0.2, -0.15) is 5.26 Å². The summed E-state index contributed by atoms with van der Waals surface area (Å²) in [5.74, 6) is -0.662. The molecular formula is C29H23BrIN3O3S. The number of anilines is 1. The number of dihydropyridines is 1. The number of nitriles is 1. The first-order valence-electron chi connectivity index (χ1n) is 11.6. The number of carbonyl (C=O) groups is 2. The van der Waals surface area contributed by atoms with Crippen LogP contribution in [-0.2, 0) is 4.79 Å². The Bertz CT molecular complexity index is 1520. The van der Waals surface area contributed by atoms with Crippen molar-refractivity contribution in [3.63, 3.8) is 0 Å². The van der Waals surface area contributed by atoms with Gasteiger partial charge in [-0.25, -0.2) is 0 Å². The van der Waals surface area contributed by atoms with Gasteiger partial charge in [-0.3, -0.25) is 9.59 Å². The Hall–Kier alpha value is -2.91. The molecule has 192 valence electrons. The summed E-state index contributed by atoms with van der Waals surface area (Å²) in [6.45, 7) is 3.32. The van der Waals surface area contributed by atoms with Gasteiger partial charge in [0, 0.05) is 24.9 Å². The Morgan fingerprint density at radius 3 is 2.42 bits per heavy atom. The van der Waals surface area contributed by atoms with Crippen LogP contribution in [0.2, 0.25) is 0 Å². The fourth-order valence-corrected chi connectivity index (χ4v) is 5.97. The van der Waals surface area contributed by atoms with Gasteiger partial charge < -0.3 is 15.7 Å². The number of benzene rings is 3. The van der Waals surface area contributed by atoms with Crippen LogP contribution in [0.1, 0.15) is 28.4 Å². The number of thioether (sulfide) groups is 1. The number of allylic oxidation sites excluding steroid dienone is 2. The molecule has 0 spiro atoms. The van der Waals surface area contributed by atoms with Crippen molar-refractivity contribution < 1.29 is 14.7 Å². The minimum Gasteiger partial charge on any atom is -0.367 e. The van der Waals surface area contributed by atoms with E-state index in [1.165, 1.54) is 6.92 Å². The molecule has 1 amide bonds. The van der Waals surface area contributed by atoms with Crippen LogP contribution in [0.5, 0.6) is 0 Å². The van der Waals surface area contributed by atoms with Crippen LogP contribution in [0, 0.1) is 21.8 Å². The first kappa shape index (κ1) is 28.1. The molecule has 1 atom stereocenters.